The molecular weight excluding hydrogens is 276 g/mol. The molecule has 96 valence electrons. The number of aryl methyl sites for hydroxylation is 1. The minimum absolute atomic E-state index is 0.310. The summed E-state index contributed by atoms with van der Waals surface area (Å²) < 4.78 is 31.1. The van der Waals surface area contributed by atoms with E-state index in [0.29, 0.717) is 17.1 Å². The Balaban J connectivity index is 2.01. The standard InChI is InChI=1S/C11H11F2N3S2/c1-6-15-11(18-16-6)17-5-10(14)8-3-2-7(12)4-9(8)13/h2-4,10H,5,14H2,1H3. The molecule has 3 nitrogen and oxygen atoms in total. The number of hydrogen-bond acceptors (Lipinski definition) is 5. The van der Waals surface area contributed by atoms with Gasteiger partial charge in [-0.05, 0) is 24.5 Å². The minimum Gasteiger partial charge on any atom is -0.323 e. The number of rotatable bonds is 4. The van der Waals surface area contributed by atoms with Crippen molar-refractivity contribution in [3.8, 4) is 0 Å². The maximum atomic E-state index is 13.5. The van der Waals surface area contributed by atoms with Crippen LogP contribution in [0.2, 0.25) is 0 Å². The SMILES string of the molecule is Cc1nsc(SCC(N)c2ccc(F)cc2F)n1. The molecule has 1 aromatic heterocycles. The minimum atomic E-state index is -0.614. The van der Waals surface area contributed by atoms with Crippen molar-refractivity contribution in [2.24, 2.45) is 5.73 Å². The molecule has 1 aromatic carbocycles. The first kappa shape index (κ1) is 13.4. The van der Waals surface area contributed by atoms with Gasteiger partial charge >= 0.3 is 0 Å². The number of thioether (sulfide) groups is 1. The number of halogens is 2. The fraction of sp³-hybridized carbons (Fsp3) is 0.273. The molecule has 0 saturated carbocycles. The van der Waals surface area contributed by atoms with Crippen LogP contribution < -0.4 is 5.73 Å². The van der Waals surface area contributed by atoms with Crippen LogP contribution in [0, 0.1) is 18.6 Å². The van der Waals surface area contributed by atoms with Gasteiger partial charge in [0.25, 0.3) is 0 Å². The number of hydrogen-bond donors (Lipinski definition) is 1. The van der Waals surface area contributed by atoms with Crippen LogP contribution in [-0.2, 0) is 0 Å². The normalized spacial score (nSPS) is 12.7. The van der Waals surface area contributed by atoms with Crippen LogP contribution in [0.5, 0.6) is 0 Å². The number of nitrogens with two attached hydrogens (primary N) is 1. The van der Waals surface area contributed by atoms with Gasteiger partial charge in [-0.2, -0.15) is 4.37 Å². The van der Waals surface area contributed by atoms with Crippen molar-refractivity contribution in [2.45, 2.75) is 17.3 Å². The summed E-state index contributed by atoms with van der Waals surface area (Å²) >= 11 is 2.70. The van der Waals surface area contributed by atoms with E-state index < -0.39 is 17.7 Å². The third kappa shape index (κ3) is 3.24. The average Bonchev–Trinajstić information content (AvgIpc) is 2.72. The summed E-state index contributed by atoms with van der Waals surface area (Å²) in [6.45, 7) is 1.81. The van der Waals surface area contributed by atoms with E-state index >= 15 is 0 Å². The first-order valence-corrected chi connectivity index (χ1v) is 6.96. The van der Waals surface area contributed by atoms with Crippen molar-refractivity contribution in [2.75, 3.05) is 5.75 Å². The smallest absolute Gasteiger partial charge is 0.170 e. The molecule has 0 aliphatic rings. The van der Waals surface area contributed by atoms with Crippen LogP contribution in [0.3, 0.4) is 0 Å². The number of benzene rings is 1. The zero-order valence-electron chi connectivity index (χ0n) is 9.56. The highest BCUT2D eigenvalue weighted by Crippen LogP contribution is 2.26. The molecule has 2 rings (SSSR count). The van der Waals surface area contributed by atoms with Gasteiger partial charge in [-0.25, -0.2) is 13.8 Å². The molecule has 1 atom stereocenters. The molecule has 2 N–H and O–H groups in total. The molecule has 0 amide bonds. The Bertz CT molecular complexity index is 545. The van der Waals surface area contributed by atoms with Gasteiger partial charge in [0.1, 0.15) is 17.5 Å². The molecule has 18 heavy (non-hydrogen) atoms. The average molecular weight is 287 g/mol. The Hall–Kier alpha value is -1.05. The van der Waals surface area contributed by atoms with Gasteiger partial charge in [0, 0.05) is 23.4 Å². The molecule has 0 bridgehead atoms. The van der Waals surface area contributed by atoms with Crippen LogP contribution in [0.25, 0.3) is 0 Å². The summed E-state index contributed by atoms with van der Waals surface area (Å²) in [5.74, 6) is -0.0339. The van der Waals surface area contributed by atoms with Crippen LogP contribution in [0.1, 0.15) is 17.4 Å². The molecule has 0 fully saturated rings. The molecule has 1 unspecified atom stereocenters. The lowest BCUT2D eigenvalue weighted by Gasteiger charge is -2.11. The lowest BCUT2D eigenvalue weighted by atomic mass is 10.1. The Kier molecular flexibility index (Phi) is 4.26. The van der Waals surface area contributed by atoms with Gasteiger partial charge in [0.05, 0.1) is 0 Å². The fourth-order valence-electron chi connectivity index (χ4n) is 1.39. The van der Waals surface area contributed by atoms with Crippen molar-refractivity contribution < 1.29 is 8.78 Å². The van der Waals surface area contributed by atoms with E-state index in [2.05, 4.69) is 9.36 Å². The maximum Gasteiger partial charge on any atom is 0.170 e. The van der Waals surface area contributed by atoms with E-state index in [9.17, 15) is 8.78 Å². The Morgan fingerprint density at radius 1 is 1.44 bits per heavy atom. The van der Waals surface area contributed by atoms with E-state index in [4.69, 9.17) is 5.73 Å². The summed E-state index contributed by atoms with van der Waals surface area (Å²) in [6, 6.07) is 2.92. The first-order valence-electron chi connectivity index (χ1n) is 5.20. The van der Waals surface area contributed by atoms with E-state index in [0.717, 1.165) is 10.4 Å². The highest BCUT2D eigenvalue weighted by molar-refractivity contribution is 8.00. The molecule has 0 aliphatic carbocycles. The summed E-state index contributed by atoms with van der Waals surface area (Å²) in [7, 11) is 0. The molecule has 7 heteroatoms. The summed E-state index contributed by atoms with van der Waals surface area (Å²) in [5.41, 5.74) is 6.18. The van der Waals surface area contributed by atoms with Crippen LogP contribution >= 0.6 is 23.3 Å². The fourth-order valence-corrected chi connectivity index (χ4v) is 3.04. The number of aromatic nitrogens is 2. The topological polar surface area (TPSA) is 51.8 Å². The van der Waals surface area contributed by atoms with Gasteiger partial charge in [-0.15, -0.1) is 0 Å². The van der Waals surface area contributed by atoms with Crippen LogP contribution in [-0.4, -0.2) is 15.1 Å². The first-order chi connectivity index (χ1) is 8.56. The van der Waals surface area contributed by atoms with E-state index in [1.54, 1.807) is 6.92 Å². The molecule has 0 radical (unpaired) electrons. The predicted octanol–water partition coefficient (Wildman–Crippen LogP) is 2.92. The Morgan fingerprint density at radius 3 is 2.83 bits per heavy atom. The van der Waals surface area contributed by atoms with Gasteiger partial charge < -0.3 is 5.73 Å². The zero-order valence-corrected chi connectivity index (χ0v) is 11.2. The Labute approximate surface area is 112 Å². The quantitative estimate of drug-likeness (QED) is 0.878. The predicted molar refractivity (Wildman–Crippen MR) is 68.7 cm³/mol. The van der Waals surface area contributed by atoms with Gasteiger partial charge in [-0.1, -0.05) is 17.8 Å². The van der Waals surface area contributed by atoms with Gasteiger partial charge in [0.2, 0.25) is 0 Å². The Morgan fingerprint density at radius 2 is 2.22 bits per heavy atom. The van der Waals surface area contributed by atoms with Crippen molar-refractivity contribution in [1.29, 1.82) is 0 Å². The van der Waals surface area contributed by atoms with Crippen molar-refractivity contribution in [3.63, 3.8) is 0 Å². The second-order valence-corrected chi connectivity index (χ2v) is 5.71. The van der Waals surface area contributed by atoms with Crippen LogP contribution in [0.15, 0.2) is 22.5 Å². The van der Waals surface area contributed by atoms with Crippen molar-refractivity contribution in [1.82, 2.24) is 9.36 Å². The molecule has 0 spiro atoms. The number of nitrogens with zero attached hydrogens (tertiary/aromatic N) is 2. The van der Waals surface area contributed by atoms with E-state index in [-0.39, 0.29) is 0 Å². The van der Waals surface area contributed by atoms with Crippen LogP contribution in [0.4, 0.5) is 8.78 Å². The van der Waals surface area contributed by atoms with Crippen molar-refractivity contribution in [3.05, 3.63) is 41.2 Å². The van der Waals surface area contributed by atoms with Crippen molar-refractivity contribution >= 4 is 23.3 Å². The molecular formula is C11H11F2N3S2. The summed E-state index contributed by atoms with van der Waals surface area (Å²) in [6.07, 6.45) is 0. The van der Waals surface area contributed by atoms with Gasteiger partial charge in [0.15, 0.2) is 4.34 Å². The second kappa shape index (κ2) is 5.73. The van der Waals surface area contributed by atoms with Gasteiger partial charge in [-0.3, -0.25) is 0 Å². The highest BCUT2D eigenvalue weighted by Gasteiger charge is 2.13. The lowest BCUT2D eigenvalue weighted by molar-refractivity contribution is 0.563. The maximum absolute atomic E-state index is 13.5. The highest BCUT2D eigenvalue weighted by atomic mass is 32.2. The largest absolute Gasteiger partial charge is 0.323 e. The molecule has 2 aromatic rings. The molecule has 0 saturated heterocycles. The monoisotopic (exact) mass is 287 g/mol. The third-order valence-electron chi connectivity index (χ3n) is 2.26. The van der Waals surface area contributed by atoms with E-state index in [1.807, 2.05) is 0 Å². The molecule has 1 heterocycles. The summed E-state index contributed by atoms with van der Waals surface area (Å²) in [5, 5.41) is 0. The summed E-state index contributed by atoms with van der Waals surface area (Å²) in [4.78, 5) is 4.17. The lowest BCUT2D eigenvalue weighted by Crippen LogP contribution is -2.14. The zero-order chi connectivity index (χ0) is 13.1. The second-order valence-electron chi connectivity index (χ2n) is 3.69. The third-order valence-corrected chi connectivity index (χ3v) is 4.30. The molecule has 0 aliphatic heterocycles. The van der Waals surface area contributed by atoms with E-state index in [1.165, 1.54) is 35.4 Å².